The summed E-state index contributed by atoms with van der Waals surface area (Å²) in [5.41, 5.74) is 0.291. The smallest absolute Gasteiger partial charge is 0.235 e. The van der Waals surface area contributed by atoms with Crippen LogP contribution in [0.2, 0.25) is 0 Å². The zero-order valence-corrected chi connectivity index (χ0v) is 7.87. The Kier molecular flexibility index (Phi) is 1.93. The fourth-order valence-electron chi connectivity index (χ4n) is 1.62. The Morgan fingerprint density at radius 2 is 2.29 bits per heavy atom. The molecule has 4 heteroatoms. The number of carbonyl (C=O) groups excluding carboxylic acids is 1. The van der Waals surface area contributed by atoms with Crippen molar-refractivity contribution in [2.45, 2.75) is 12.6 Å². The van der Waals surface area contributed by atoms with Crippen molar-refractivity contribution in [3.63, 3.8) is 0 Å². The zero-order chi connectivity index (χ0) is 10.2. The van der Waals surface area contributed by atoms with E-state index in [0.29, 0.717) is 6.54 Å². The summed E-state index contributed by atoms with van der Waals surface area (Å²) in [6.07, 6.45) is 0. The van der Waals surface area contributed by atoms with Gasteiger partial charge in [0.1, 0.15) is 11.4 Å². The number of amides is 1. The van der Waals surface area contributed by atoms with Crippen LogP contribution in [0.3, 0.4) is 0 Å². The van der Waals surface area contributed by atoms with Gasteiger partial charge in [0.05, 0.1) is 6.54 Å². The molecule has 1 amide bonds. The lowest BCUT2D eigenvalue weighted by atomic mass is 10.0. The second-order valence-corrected chi connectivity index (χ2v) is 3.58. The lowest BCUT2D eigenvalue weighted by Crippen LogP contribution is -2.43. The van der Waals surface area contributed by atoms with Crippen LogP contribution < -0.4 is 10.6 Å². The van der Waals surface area contributed by atoms with Crippen molar-refractivity contribution in [2.24, 2.45) is 0 Å². The SMILES string of the molecule is CC1(c2cccc(O)c2)NCC(=O)N1. The fraction of sp³-hybridized carbons (Fsp3) is 0.300. The maximum atomic E-state index is 11.1. The highest BCUT2D eigenvalue weighted by molar-refractivity contribution is 5.81. The average molecular weight is 192 g/mol. The summed E-state index contributed by atoms with van der Waals surface area (Å²) in [5.74, 6) is 0.169. The fourth-order valence-corrected chi connectivity index (χ4v) is 1.62. The minimum absolute atomic E-state index is 0.0316. The highest BCUT2D eigenvalue weighted by Gasteiger charge is 2.33. The molecule has 0 saturated carbocycles. The van der Waals surface area contributed by atoms with Gasteiger partial charge >= 0.3 is 0 Å². The molecule has 2 rings (SSSR count). The van der Waals surface area contributed by atoms with Crippen LogP contribution in [0.15, 0.2) is 24.3 Å². The van der Waals surface area contributed by atoms with Crippen molar-refractivity contribution in [2.75, 3.05) is 6.54 Å². The first-order chi connectivity index (χ1) is 6.60. The number of hydrogen-bond donors (Lipinski definition) is 3. The Labute approximate surface area is 81.9 Å². The molecule has 3 N–H and O–H groups in total. The molecule has 0 radical (unpaired) electrons. The molecular formula is C10H12N2O2. The highest BCUT2D eigenvalue weighted by atomic mass is 16.3. The van der Waals surface area contributed by atoms with Crippen LogP contribution in [0.4, 0.5) is 0 Å². The van der Waals surface area contributed by atoms with Gasteiger partial charge in [0.15, 0.2) is 0 Å². The summed E-state index contributed by atoms with van der Waals surface area (Å²) in [7, 11) is 0. The second-order valence-electron chi connectivity index (χ2n) is 3.58. The van der Waals surface area contributed by atoms with E-state index in [1.807, 2.05) is 13.0 Å². The molecule has 1 unspecified atom stereocenters. The first-order valence-electron chi connectivity index (χ1n) is 4.46. The van der Waals surface area contributed by atoms with Gasteiger partial charge < -0.3 is 10.4 Å². The largest absolute Gasteiger partial charge is 0.508 e. The summed E-state index contributed by atoms with van der Waals surface area (Å²) in [6, 6.07) is 6.85. The van der Waals surface area contributed by atoms with Crippen LogP contribution >= 0.6 is 0 Å². The third-order valence-corrected chi connectivity index (χ3v) is 2.42. The maximum absolute atomic E-state index is 11.1. The summed E-state index contributed by atoms with van der Waals surface area (Å²) in [6.45, 7) is 2.18. The topological polar surface area (TPSA) is 61.4 Å². The van der Waals surface area contributed by atoms with Crippen molar-refractivity contribution >= 4 is 5.91 Å². The number of nitrogens with one attached hydrogen (secondary N) is 2. The molecule has 4 nitrogen and oxygen atoms in total. The van der Waals surface area contributed by atoms with Gasteiger partial charge in [0, 0.05) is 0 Å². The molecule has 14 heavy (non-hydrogen) atoms. The van der Waals surface area contributed by atoms with E-state index in [1.54, 1.807) is 18.2 Å². The van der Waals surface area contributed by atoms with Crippen molar-refractivity contribution < 1.29 is 9.90 Å². The van der Waals surface area contributed by atoms with E-state index in [9.17, 15) is 9.90 Å². The van der Waals surface area contributed by atoms with Gasteiger partial charge in [-0.2, -0.15) is 0 Å². The predicted molar refractivity (Wildman–Crippen MR) is 51.6 cm³/mol. The first-order valence-corrected chi connectivity index (χ1v) is 4.46. The van der Waals surface area contributed by atoms with Gasteiger partial charge in [0.2, 0.25) is 5.91 Å². The number of phenolic OH excluding ortho intramolecular Hbond substituents is 1. The third-order valence-electron chi connectivity index (χ3n) is 2.42. The molecule has 74 valence electrons. The minimum atomic E-state index is -0.560. The molecule has 1 atom stereocenters. The molecule has 1 saturated heterocycles. The molecule has 1 aromatic carbocycles. The van der Waals surface area contributed by atoms with Crippen LogP contribution in [0, 0.1) is 0 Å². The number of phenols is 1. The number of benzene rings is 1. The molecule has 1 fully saturated rings. The summed E-state index contributed by atoms with van der Waals surface area (Å²) < 4.78 is 0. The van der Waals surface area contributed by atoms with Gasteiger partial charge in [0.25, 0.3) is 0 Å². The summed E-state index contributed by atoms with van der Waals surface area (Å²) in [4.78, 5) is 11.1. The van der Waals surface area contributed by atoms with Crippen LogP contribution in [-0.2, 0) is 10.5 Å². The van der Waals surface area contributed by atoms with E-state index in [0.717, 1.165) is 5.56 Å². The Morgan fingerprint density at radius 1 is 1.50 bits per heavy atom. The van der Waals surface area contributed by atoms with Gasteiger partial charge in [-0.25, -0.2) is 0 Å². The molecule has 0 bridgehead atoms. The number of rotatable bonds is 1. The zero-order valence-electron chi connectivity index (χ0n) is 7.87. The Hall–Kier alpha value is -1.55. The second kappa shape index (κ2) is 2.99. The minimum Gasteiger partial charge on any atom is -0.508 e. The predicted octanol–water partition coefficient (Wildman–Crippen LogP) is 0.284. The lowest BCUT2D eigenvalue weighted by Gasteiger charge is -2.24. The monoisotopic (exact) mass is 192 g/mol. The van der Waals surface area contributed by atoms with E-state index in [2.05, 4.69) is 10.6 Å². The van der Waals surface area contributed by atoms with E-state index in [1.165, 1.54) is 0 Å². The van der Waals surface area contributed by atoms with Crippen LogP contribution in [0.5, 0.6) is 5.75 Å². The van der Waals surface area contributed by atoms with Crippen LogP contribution in [-0.4, -0.2) is 17.6 Å². The van der Waals surface area contributed by atoms with Crippen molar-refractivity contribution in [3.8, 4) is 5.75 Å². The number of aromatic hydroxyl groups is 1. The molecule has 1 aromatic rings. The first kappa shape index (κ1) is 9.02. The molecular weight excluding hydrogens is 180 g/mol. The number of carbonyl (C=O) groups is 1. The van der Waals surface area contributed by atoms with E-state index in [-0.39, 0.29) is 11.7 Å². The van der Waals surface area contributed by atoms with Crippen LogP contribution in [0.1, 0.15) is 12.5 Å². The van der Waals surface area contributed by atoms with Crippen LogP contribution in [0.25, 0.3) is 0 Å². The Bertz CT molecular complexity index is 378. The van der Waals surface area contributed by atoms with E-state index in [4.69, 9.17) is 0 Å². The van der Waals surface area contributed by atoms with E-state index >= 15 is 0 Å². The molecule has 1 heterocycles. The summed E-state index contributed by atoms with van der Waals surface area (Å²) >= 11 is 0. The normalized spacial score (nSPS) is 26.2. The summed E-state index contributed by atoms with van der Waals surface area (Å²) in [5, 5.41) is 15.2. The Morgan fingerprint density at radius 3 is 2.86 bits per heavy atom. The molecule has 0 spiro atoms. The molecule has 0 aromatic heterocycles. The van der Waals surface area contributed by atoms with Crippen molar-refractivity contribution in [1.82, 2.24) is 10.6 Å². The maximum Gasteiger partial charge on any atom is 0.235 e. The van der Waals surface area contributed by atoms with Gasteiger partial charge in [-0.1, -0.05) is 12.1 Å². The van der Waals surface area contributed by atoms with Crippen molar-refractivity contribution in [1.29, 1.82) is 0 Å². The molecule has 1 aliphatic heterocycles. The Balaban J connectivity index is 2.34. The quantitative estimate of drug-likeness (QED) is 0.599. The number of hydrogen-bond acceptors (Lipinski definition) is 3. The highest BCUT2D eigenvalue weighted by Crippen LogP contribution is 2.23. The third kappa shape index (κ3) is 1.44. The van der Waals surface area contributed by atoms with Gasteiger partial charge in [-0.3, -0.25) is 10.1 Å². The van der Waals surface area contributed by atoms with Gasteiger partial charge in [-0.15, -0.1) is 0 Å². The molecule has 1 aliphatic rings. The van der Waals surface area contributed by atoms with Gasteiger partial charge in [-0.05, 0) is 24.6 Å². The standard InChI is InChI=1S/C10H12N2O2/c1-10(11-6-9(14)12-10)7-3-2-4-8(13)5-7/h2-5,11,13H,6H2,1H3,(H,12,14). The average Bonchev–Trinajstić information content (AvgIpc) is 2.48. The van der Waals surface area contributed by atoms with E-state index < -0.39 is 5.66 Å². The lowest BCUT2D eigenvalue weighted by molar-refractivity contribution is -0.118. The molecule has 0 aliphatic carbocycles. The van der Waals surface area contributed by atoms with Crippen molar-refractivity contribution in [3.05, 3.63) is 29.8 Å².